The van der Waals surface area contributed by atoms with Crippen LogP contribution in [0.3, 0.4) is 0 Å². The lowest BCUT2D eigenvalue weighted by Crippen LogP contribution is -2.27. The highest BCUT2D eigenvalue weighted by atomic mass is 35.5. The summed E-state index contributed by atoms with van der Waals surface area (Å²) in [6.07, 6.45) is 5.30. The lowest BCUT2D eigenvalue weighted by molar-refractivity contribution is 0.0783. The SMILES string of the molecule is COc1ccc(CN(C)C(=O)c2cncnc2C2CC2)cc1Cl. The summed E-state index contributed by atoms with van der Waals surface area (Å²) in [4.78, 5) is 22.7. The van der Waals surface area contributed by atoms with Gasteiger partial charge < -0.3 is 9.64 Å². The molecule has 1 heterocycles. The number of carbonyl (C=O) groups excluding carboxylic acids is 1. The van der Waals surface area contributed by atoms with Gasteiger partial charge in [-0.1, -0.05) is 17.7 Å². The molecule has 2 aromatic rings. The molecule has 1 aliphatic rings. The van der Waals surface area contributed by atoms with E-state index in [9.17, 15) is 4.79 Å². The third kappa shape index (κ3) is 3.45. The fraction of sp³-hybridized carbons (Fsp3) is 0.353. The summed E-state index contributed by atoms with van der Waals surface area (Å²) in [5.41, 5.74) is 2.40. The van der Waals surface area contributed by atoms with Gasteiger partial charge in [0.25, 0.3) is 5.91 Å². The number of carbonyl (C=O) groups is 1. The van der Waals surface area contributed by atoms with E-state index < -0.39 is 0 Å². The maximum absolute atomic E-state index is 12.7. The Balaban J connectivity index is 1.76. The van der Waals surface area contributed by atoms with Crippen molar-refractivity contribution >= 4 is 17.5 Å². The molecule has 23 heavy (non-hydrogen) atoms. The van der Waals surface area contributed by atoms with Gasteiger partial charge in [-0.05, 0) is 30.5 Å². The van der Waals surface area contributed by atoms with Gasteiger partial charge in [0.15, 0.2) is 0 Å². The second-order valence-corrected chi connectivity index (χ2v) is 6.13. The second-order valence-electron chi connectivity index (χ2n) is 5.73. The first-order valence-corrected chi connectivity index (χ1v) is 7.85. The van der Waals surface area contributed by atoms with Crippen molar-refractivity contribution in [2.24, 2.45) is 0 Å². The van der Waals surface area contributed by atoms with Gasteiger partial charge in [-0.15, -0.1) is 0 Å². The first kappa shape index (κ1) is 15.7. The molecule has 1 aromatic carbocycles. The monoisotopic (exact) mass is 331 g/mol. The highest BCUT2D eigenvalue weighted by molar-refractivity contribution is 6.32. The molecule has 6 heteroatoms. The molecule has 0 unspecified atom stereocenters. The third-order valence-corrected chi connectivity index (χ3v) is 4.22. The summed E-state index contributed by atoms with van der Waals surface area (Å²) < 4.78 is 5.14. The van der Waals surface area contributed by atoms with Crippen LogP contribution in [-0.4, -0.2) is 34.9 Å². The van der Waals surface area contributed by atoms with Gasteiger partial charge >= 0.3 is 0 Å². The molecule has 5 nitrogen and oxygen atoms in total. The van der Waals surface area contributed by atoms with Gasteiger partial charge in [0.05, 0.1) is 23.4 Å². The first-order chi connectivity index (χ1) is 11.1. The van der Waals surface area contributed by atoms with E-state index in [-0.39, 0.29) is 5.91 Å². The maximum Gasteiger partial charge on any atom is 0.257 e. The predicted molar refractivity (Wildman–Crippen MR) is 87.8 cm³/mol. The Kier molecular flexibility index (Phi) is 4.48. The lowest BCUT2D eigenvalue weighted by Gasteiger charge is -2.19. The molecule has 3 rings (SSSR count). The van der Waals surface area contributed by atoms with Crippen molar-refractivity contribution in [2.75, 3.05) is 14.2 Å². The van der Waals surface area contributed by atoms with Gasteiger partial charge in [0.2, 0.25) is 0 Å². The minimum absolute atomic E-state index is 0.0700. The number of hydrogen-bond donors (Lipinski definition) is 0. The molecule has 1 amide bonds. The average Bonchev–Trinajstić information content (AvgIpc) is 3.39. The van der Waals surface area contributed by atoms with Crippen molar-refractivity contribution in [2.45, 2.75) is 25.3 Å². The predicted octanol–water partition coefficient (Wildman–Crippen LogP) is 3.29. The van der Waals surface area contributed by atoms with Crippen LogP contribution in [0.25, 0.3) is 0 Å². The Morgan fingerprint density at radius 3 is 2.87 bits per heavy atom. The van der Waals surface area contributed by atoms with E-state index in [4.69, 9.17) is 16.3 Å². The molecule has 1 aliphatic carbocycles. The molecule has 120 valence electrons. The molecule has 1 aromatic heterocycles. The average molecular weight is 332 g/mol. The van der Waals surface area contributed by atoms with Crippen molar-refractivity contribution in [3.63, 3.8) is 0 Å². The largest absolute Gasteiger partial charge is 0.495 e. The minimum atomic E-state index is -0.0700. The Morgan fingerprint density at radius 2 is 2.22 bits per heavy atom. The van der Waals surface area contributed by atoms with Crippen LogP contribution in [0.4, 0.5) is 0 Å². The van der Waals surface area contributed by atoms with Crippen LogP contribution >= 0.6 is 11.6 Å². The van der Waals surface area contributed by atoms with Crippen LogP contribution in [0.2, 0.25) is 5.02 Å². The normalized spacial score (nSPS) is 13.7. The molecular weight excluding hydrogens is 314 g/mol. The van der Waals surface area contributed by atoms with Crippen LogP contribution in [0.15, 0.2) is 30.7 Å². The molecule has 1 saturated carbocycles. The topological polar surface area (TPSA) is 55.3 Å². The molecule has 0 atom stereocenters. The van der Waals surface area contributed by atoms with E-state index in [1.807, 2.05) is 12.1 Å². The standard InChI is InChI=1S/C17H18ClN3O2/c1-21(9-11-3-6-15(23-2)14(18)7-11)17(22)13-8-19-10-20-16(13)12-4-5-12/h3,6-8,10,12H,4-5,9H2,1-2H3. The van der Waals surface area contributed by atoms with Gasteiger partial charge in [0, 0.05) is 25.7 Å². The molecule has 0 radical (unpaired) electrons. The zero-order valence-corrected chi connectivity index (χ0v) is 13.9. The summed E-state index contributed by atoms with van der Waals surface area (Å²) in [5, 5.41) is 0.535. The van der Waals surface area contributed by atoms with Crippen molar-refractivity contribution in [1.29, 1.82) is 0 Å². The number of hydrogen-bond acceptors (Lipinski definition) is 4. The highest BCUT2D eigenvalue weighted by Gasteiger charge is 2.30. The van der Waals surface area contributed by atoms with Crippen molar-refractivity contribution in [1.82, 2.24) is 14.9 Å². The van der Waals surface area contributed by atoms with E-state index in [0.717, 1.165) is 24.1 Å². The summed E-state index contributed by atoms with van der Waals surface area (Å²) >= 11 is 6.14. The van der Waals surface area contributed by atoms with E-state index in [0.29, 0.717) is 28.8 Å². The van der Waals surface area contributed by atoms with Gasteiger partial charge in [-0.2, -0.15) is 0 Å². The molecule has 0 bridgehead atoms. The summed E-state index contributed by atoms with van der Waals surface area (Å²) in [6, 6.07) is 5.52. The fourth-order valence-electron chi connectivity index (χ4n) is 2.55. The zero-order valence-electron chi connectivity index (χ0n) is 13.1. The quantitative estimate of drug-likeness (QED) is 0.843. The van der Waals surface area contributed by atoms with Crippen LogP contribution in [0.1, 0.15) is 40.4 Å². The summed E-state index contributed by atoms with van der Waals surface area (Å²) in [5.74, 6) is 0.956. The number of rotatable bonds is 5. The van der Waals surface area contributed by atoms with Crippen molar-refractivity contribution in [3.8, 4) is 5.75 Å². The Bertz CT molecular complexity index is 732. The molecule has 0 aliphatic heterocycles. The number of amides is 1. The Hall–Kier alpha value is -2.14. The number of halogens is 1. The number of nitrogens with zero attached hydrogens (tertiary/aromatic N) is 3. The van der Waals surface area contributed by atoms with Gasteiger partial charge in [0.1, 0.15) is 12.1 Å². The highest BCUT2D eigenvalue weighted by Crippen LogP contribution is 2.40. The van der Waals surface area contributed by atoms with Gasteiger partial charge in [-0.3, -0.25) is 4.79 Å². The minimum Gasteiger partial charge on any atom is -0.495 e. The van der Waals surface area contributed by atoms with E-state index in [2.05, 4.69) is 9.97 Å². The molecule has 1 fully saturated rings. The fourth-order valence-corrected chi connectivity index (χ4v) is 2.83. The van der Waals surface area contributed by atoms with Crippen LogP contribution in [0.5, 0.6) is 5.75 Å². The molecule has 0 saturated heterocycles. The molecular formula is C17H18ClN3O2. The molecule has 0 N–H and O–H groups in total. The van der Waals surface area contributed by atoms with Crippen molar-refractivity contribution < 1.29 is 9.53 Å². The maximum atomic E-state index is 12.7. The van der Waals surface area contributed by atoms with Crippen LogP contribution in [0, 0.1) is 0 Å². The van der Waals surface area contributed by atoms with Crippen LogP contribution < -0.4 is 4.74 Å². The second kappa shape index (κ2) is 6.54. The first-order valence-electron chi connectivity index (χ1n) is 7.48. The summed E-state index contributed by atoms with van der Waals surface area (Å²) in [7, 11) is 3.34. The lowest BCUT2D eigenvalue weighted by atomic mass is 10.1. The number of methoxy groups -OCH3 is 1. The van der Waals surface area contributed by atoms with Crippen LogP contribution in [-0.2, 0) is 6.54 Å². The molecule has 0 spiro atoms. The Labute approximate surface area is 140 Å². The zero-order chi connectivity index (χ0) is 16.4. The van der Waals surface area contributed by atoms with Crippen molar-refractivity contribution in [3.05, 3.63) is 52.6 Å². The number of benzene rings is 1. The third-order valence-electron chi connectivity index (χ3n) is 3.92. The number of ether oxygens (including phenoxy) is 1. The summed E-state index contributed by atoms with van der Waals surface area (Å²) in [6.45, 7) is 0.460. The van der Waals surface area contributed by atoms with E-state index in [1.54, 1.807) is 31.3 Å². The number of aromatic nitrogens is 2. The van der Waals surface area contributed by atoms with E-state index >= 15 is 0 Å². The smallest absolute Gasteiger partial charge is 0.257 e. The Morgan fingerprint density at radius 1 is 1.43 bits per heavy atom. The van der Waals surface area contributed by atoms with E-state index in [1.165, 1.54) is 6.33 Å². The van der Waals surface area contributed by atoms with Gasteiger partial charge in [-0.25, -0.2) is 9.97 Å².